The number of hydrogen-bond donors (Lipinski definition) is 1. The number of carbonyl (C=O) groups is 2. The van der Waals surface area contributed by atoms with Gasteiger partial charge in [-0.15, -0.1) is 0 Å². The second kappa shape index (κ2) is 3.98. The molecule has 1 atom stereocenters. The fourth-order valence-electron chi connectivity index (χ4n) is 1.89. The number of nitrogens with zero attached hydrogens (tertiary/aromatic N) is 1. The maximum absolute atomic E-state index is 11.7. The van der Waals surface area contributed by atoms with Gasteiger partial charge in [-0.1, -0.05) is 0 Å². The maximum Gasteiger partial charge on any atom is 0.161 e. The van der Waals surface area contributed by atoms with E-state index < -0.39 is 5.54 Å². The van der Waals surface area contributed by atoms with Crippen molar-refractivity contribution in [1.29, 1.82) is 0 Å². The number of likely N-dealkylation sites (N-methyl/N-ethyl adjacent to an activating group) is 1. The lowest BCUT2D eigenvalue weighted by Gasteiger charge is -2.28. The molecule has 74 valence electrons. The lowest BCUT2D eigenvalue weighted by atomic mass is 9.91. The summed E-state index contributed by atoms with van der Waals surface area (Å²) in [6.07, 6.45) is 2.62. The number of Topliss-reactive ketones (excluding diaryl/α,β-unsaturated/α-hetero) is 1. The average Bonchev–Trinajstić information content (AvgIpc) is 2.48. The molecule has 1 heterocycles. The Morgan fingerprint density at radius 2 is 2.38 bits per heavy atom. The Morgan fingerprint density at radius 1 is 1.69 bits per heavy atom. The third-order valence-electron chi connectivity index (χ3n) is 2.78. The molecule has 1 fully saturated rings. The number of nitrogens with two attached hydrogens (primary N) is 1. The Kier molecular flexibility index (Phi) is 3.17. The lowest BCUT2D eigenvalue weighted by molar-refractivity contribution is -0.134. The summed E-state index contributed by atoms with van der Waals surface area (Å²) in [5, 5.41) is 0. The van der Waals surface area contributed by atoms with Gasteiger partial charge in [0, 0.05) is 6.42 Å². The molecule has 0 saturated carbocycles. The van der Waals surface area contributed by atoms with Gasteiger partial charge >= 0.3 is 0 Å². The first-order valence-electron chi connectivity index (χ1n) is 4.58. The van der Waals surface area contributed by atoms with Gasteiger partial charge in [0.1, 0.15) is 11.8 Å². The molecule has 2 N–H and O–H groups in total. The summed E-state index contributed by atoms with van der Waals surface area (Å²) in [5.74, 6) is -0.0370. The van der Waals surface area contributed by atoms with Crippen molar-refractivity contribution in [2.24, 2.45) is 5.73 Å². The van der Waals surface area contributed by atoms with E-state index in [2.05, 4.69) is 0 Å². The van der Waals surface area contributed by atoms with Gasteiger partial charge in [0.25, 0.3) is 0 Å². The quantitative estimate of drug-likeness (QED) is 0.475. The van der Waals surface area contributed by atoms with E-state index in [1.807, 2.05) is 11.9 Å². The van der Waals surface area contributed by atoms with Crippen LogP contribution in [0.4, 0.5) is 0 Å². The standard InChI is InChI=1S/C9H16N2O2/c1-11-6-2-4-9(11,7-12)8(13)3-5-10/h7H,2-6,10H2,1H3/t9-/m0/s1. The first-order valence-corrected chi connectivity index (χ1v) is 4.58. The molecule has 0 aromatic heterocycles. The lowest BCUT2D eigenvalue weighted by Crippen LogP contribution is -2.50. The number of hydrogen-bond acceptors (Lipinski definition) is 4. The van der Waals surface area contributed by atoms with Crippen LogP contribution in [0.25, 0.3) is 0 Å². The monoisotopic (exact) mass is 184 g/mol. The van der Waals surface area contributed by atoms with Gasteiger partial charge in [0.05, 0.1) is 0 Å². The van der Waals surface area contributed by atoms with Crippen LogP contribution in [0.1, 0.15) is 19.3 Å². The van der Waals surface area contributed by atoms with E-state index >= 15 is 0 Å². The zero-order chi connectivity index (χ0) is 9.90. The Hall–Kier alpha value is -0.740. The molecule has 1 aliphatic heterocycles. The summed E-state index contributed by atoms with van der Waals surface area (Å²) in [5.41, 5.74) is 4.44. The SMILES string of the molecule is CN1CCC[C@]1(C=O)C(=O)CCN. The van der Waals surface area contributed by atoms with E-state index in [1.54, 1.807) is 0 Å². The molecule has 1 saturated heterocycles. The zero-order valence-electron chi connectivity index (χ0n) is 7.95. The van der Waals surface area contributed by atoms with Crippen molar-refractivity contribution in [3.63, 3.8) is 0 Å². The predicted octanol–water partition coefficient (Wildman–Crippen LogP) is -0.432. The molecular formula is C9H16N2O2. The van der Waals surface area contributed by atoms with Crippen LogP contribution < -0.4 is 5.73 Å². The number of rotatable bonds is 4. The molecule has 0 bridgehead atoms. The largest absolute Gasteiger partial charge is 0.330 e. The molecule has 4 heteroatoms. The molecule has 0 aliphatic carbocycles. The minimum atomic E-state index is -0.862. The number of aldehydes is 1. The zero-order valence-corrected chi connectivity index (χ0v) is 7.95. The van der Waals surface area contributed by atoms with Crippen LogP contribution in [0.3, 0.4) is 0 Å². The predicted molar refractivity (Wildman–Crippen MR) is 49.3 cm³/mol. The summed E-state index contributed by atoms with van der Waals surface area (Å²) in [4.78, 5) is 24.4. The Bertz CT molecular complexity index is 218. The Morgan fingerprint density at radius 3 is 2.77 bits per heavy atom. The van der Waals surface area contributed by atoms with Crippen molar-refractivity contribution < 1.29 is 9.59 Å². The van der Waals surface area contributed by atoms with Crippen molar-refractivity contribution in [1.82, 2.24) is 4.90 Å². The fourth-order valence-corrected chi connectivity index (χ4v) is 1.89. The molecule has 0 unspecified atom stereocenters. The smallest absolute Gasteiger partial charge is 0.161 e. The summed E-state index contributed by atoms with van der Waals surface area (Å²) < 4.78 is 0. The van der Waals surface area contributed by atoms with Crippen LogP contribution >= 0.6 is 0 Å². The van der Waals surface area contributed by atoms with Gasteiger partial charge in [-0.3, -0.25) is 9.69 Å². The number of carbonyl (C=O) groups excluding carboxylic acids is 2. The second-order valence-corrected chi connectivity index (χ2v) is 3.53. The van der Waals surface area contributed by atoms with Crippen molar-refractivity contribution in [3.05, 3.63) is 0 Å². The normalized spacial score (nSPS) is 29.1. The number of likely N-dealkylation sites (tertiary alicyclic amines) is 1. The highest BCUT2D eigenvalue weighted by atomic mass is 16.1. The summed E-state index contributed by atoms with van der Waals surface area (Å²) in [7, 11) is 1.82. The van der Waals surface area contributed by atoms with Gasteiger partial charge in [-0.05, 0) is 33.0 Å². The van der Waals surface area contributed by atoms with E-state index in [9.17, 15) is 9.59 Å². The van der Waals surface area contributed by atoms with Crippen LogP contribution in [0.2, 0.25) is 0 Å². The van der Waals surface area contributed by atoms with Gasteiger partial charge in [0.15, 0.2) is 5.78 Å². The Labute approximate surface area is 78.1 Å². The first kappa shape index (κ1) is 10.3. The summed E-state index contributed by atoms with van der Waals surface area (Å²) in [6.45, 7) is 1.14. The van der Waals surface area contributed by atoms with Crippen molar-refractivity contribution >= 4 is 12.1 Å². The third kappa shape index (κ3) is 1.64. The molecule has 4 nitrogen and oxygen atoms in total. The average molecular weight is 184 g/mol. The summed E-state index contributed by atoms with van der Waals surface area (Å²) >= 11 is 0. The highest BCUT2D eigenvalue weighted by Crippen LogP contribution is 2.27. The Balaban J connectivity index is 2.79. The van der Waals surface area contributed by atoms with Crippen molar-refractivity contribution in [2.75, 3.05) is 20.1 Å². The molecule has 0 amide bonds. The fraction of sp³-hybridized carbons (Fsp3) is 0.778. The molecular weight excluding hydrogens is 168 g/mol. The van der Waals surface area contributed by atoms with E-state index in [0.717, 1.165) is 19.3 Å². The summed E-state index contributed by atoms with van der Waals surface area (Å²) in [6, 6.07) is 0. The topological polar surface area (TPSA) is 63.4 Å². The van der Waals surface area contributed by atoms with Crippen LogP contribution in [0, 0.1) is 0 Å². The minimum absolute atomic E-state index is 0.0370. The third-order valence-corrected chi connectivity index (χ3v) is 2.78. The molecule has 0 aromatic rings. The number of ketones is 1. The highest BCUT2D eigenvalue weighted by Gasteiger charge is 2.44. The van der Waals surface area contributed by atoms with Crippen molar-refractivity contribution in [2.45, 2.75) is 24.8 Å². The van der Waals surface area contributed by atoms with E-state index in [1.165, 1.54) is 0 Å². The van der Waals surface area contributed by atoms with Crippen LogP contribution in [-0.4, -0.2) is 42.6 Å². The van der Waals surface area contributed by atoms with Gasteiger partial charge in [-0.2, -0.15) is 0 Å². The minimum Gasteiger partial charge on any atom is -0.330 e. The van der Waals surface area contributed by atoms with Crippen LogP contribution in [-0.2, 0) is 9.59 Å². The molecule has 1 aliphatic rings. The van der Waals surface area contributed by atoms with Gasteiger partial charge < -0.3 is 10.5 Å². The molecule has 13 heavy (non-hydrogen) atoms. The maximum atomic E-state index is 11.7. The second-order valence-electron chi connectivity index (χ2n) is 3.53. The molecule has 0 radical (unpaired) electrons. The van der Waals surface area contributed by atoms with Crippen molar-refractivity contribution in [3.8, 4) is 0 Å². The van der Waals surface area contributed by atoms with Gasteiger partial charge in [-0.25, -0.2) is 0 Å². The van der Waals surface area contributed by atoms with Crippen LogP contribution in [0.5, 0.6) is 0 Å². The molecule has 1 rings (SSSR count). The van der Waals surface area contributed by atoms with Crippen LogP contribution in [0.15, 0.2) is 0 Å². The molecule has 0 spiro atoms. The van der Waals surface area contributed by atoms with E-state index in [-0.39, 0.29) is 5.78 Å². The first-order chi connectivity index (χ1) is 6.17. The van der Waals surface area contributed by atoms with E-state index in [4.69, 9.17) is 5.73 Å². The van der Waals surface area contributed by atoms with Gasteiger partial charge in [0.2, 0.25) is 0 Å². The highest BCUT2D eigenvalue weighted by molar-refractivity contribution is 6.03. The molecule has 0 aromatic carbocycles. The van der Waals surface area contributed by atoms with E-state index in [0.29, 0.717) is 19.4 Å².